The van der Waals surface area contributed by atoms with Gasteiger partial charge in [-0.2, -0.15) is 0 Å². The topological polar surface area (TPSA) is 83.5 Å². The highest BCUT2D eigenvalue weighted by Gasteiger charge is 2.23. The number of esters is 1. The zero-order valence-corrected chi connectivity index (χ0v) is 13.5. The van der Waals surface area contributed by atoms with Gasteiger partial charge < -0.3 is 15.2 Å². The molecule has 0 bridgehead atoms. The first kappa shape index (κ1) is 17.0. The summed E-state index contributed by atoms with van der Waals surface area (Å²) in [6.07, 6.45) is 1.96. The van der Waals surface area contributed by atoms with Crippen LogP contribution >= 0.6 is 0 Å². The van der Waals surface area contributed by atoms with E-state index in [1.165, 1.54) is 11.7 Å². The largest absolute Gasteiger partial charge is 0.452 e. The molecule has 0 radical (unpaired) electrons. The Kier molecular flexibility index (Phi) is 5.76. The first-order chi connectivity index (χ1) is 11.1. The van der Waals surface area contributed by atoms with Crippen LogP contribution in [0, 0.1) is 0 Å². The molecule has 0 fully saturated rings. The molecule has 0 aliphatic carbocycles. The quantitative estimate of drug-likeness (QED) is 0.654. The number of ether oxygens (including phenoxy) is 2. The number of fused-ring (bicyclic) bond motifs is 1. The molecule has 2 aromatic rings. The number of nitrogens with zero attached hydrogens (tertiary/aromatic N) is 1. The average Bonchev–Trinajstić information content (AvgIpc) is 2.88. The summed E-state index contributed by atoms with van der Waals surface area (Å²) in [5, 5.41) is 0.724. The summed E-state index contributed by atoms with van der Waals surface area (Å²) in [4.78, 5) is 24.0. The summed E-state index contributed by atoms with van der Waals surface area (Å²) < 4.78 is 11.9. The Morgan fingerprint density at radius 3 is 2.61 bits per heavy atom. The molecule has 124 valence electrons. The highest BCUT2D eigenvalue weighted by Crippen LogP contribution is 2.34. The third-order valence-electron chi connectivity index (χ3n) is 3.65. The van der Waals surface area contributed by atoms with Crippen LogP contribution in [-0.2, 0) is 16.0 Å². The maximum absolute atomic E-state index is 12.2. The SMILES string of the molecule is CCC(=O)Oc1c(CCCCN)n(C(=O)OC)c2ccccc12. The van der Waals surface area contributed by atoms with E-state index in [9.17, 15) is 9.59 Å². The molecule has 0 aliphatic heterocycles. The Morgan fingerprint density at radius 1 is 1.22 bits per heavy atom. The fourth-order valence-electron chi connectivity index (χ4n) is 2.52. The number of benzene rings is 1. The van der Waals surface area contributed by atoms with E-state index in [1.807, 2.05) is 24.3 Å². The van der Waals surface area contributed by atoms with Crippen LogP contribution in [0.5, 0.6) is 5.75 Å². The van der Waals surface area contributed by atoms with E-state index in [0.717, 1.165) is 18.2 Å². The number of nitrogens with two attached hydrogens (primary N) is 1. The lowest BCUT2D eigenvalue weighted by atomic mass is 10.1. The number of carbonyl (C=O) groups is 2. The van der Waals surface area contributed by atoms with Gasteiger partial charge in [-0.05, 0) is 37.9 Å². The standard InChI is InChI=1S/C17H22N2O4/c1-3-15(20)23-16-12-8-4-5-9-13(12)19(17(21)22-2)14(16)10-6-7-11-18/h4-5,8-9H,3,6-7,10-11,18H2,1-2H3. The van der Waals surface area contributed by atoms with Crippen LogP contribution in [0.3, 0.4) is 0 Å². The lowest BCUT2D eigenvalue weighted by Gasteiger charge is -2.09. The van der Waals surface area contributed by atoms with Gasteiger partial charge in [0.25, 0.3) is 0 Å². The van der Waals surface area contributed by atoms with Crippen LogP contribution < -0.4 is 10.5 Å². The maximum Gasteiger partial charge on any atom is 0.418 e. The van der Waals surface area contributed by atoms with Crippen LogP contribution in [0.25, 0.3) is 10.9 Å². The zero-order chi connectivity index (χ0) is 16.8. The first-order valence-corrected chi connectivity index (χ1v) is 7.75. The van der Waals surface area contributed by atoms with Crippen LogP contribution in [0.4, 0.5) is 4.79 Å². The van der Waals surface area contributed by atoms with Crippen LogP contribution in [0.15, 0.2) is 24.3 Å². The van der Waals surface area contributed by atoms with Crippen molar-refractivity contribution in [3.05, 3.63) is 30.0 Å². The van der Waals surface area contributed by atoms with Gasteiger partial charge >= 0.3 is 12.1 Å². The van der Waals surface area contributed by atoms with Crippen LogP contribution in [0.2, 0.25) is 0 Å². The molecule has 0 saturated carbocycles. The van der Waals surface area contributed by atoms with Crippen molar-refractivity contribution in [2.24, 2.45) is 5.73 Å². The molecule has 0 amide bonds. The predicted molar refractivity (Wildman–Crippen MR) is 87.7 cm³/mol. The molecule has 2 rings (SSSR count). The number of aromatic nitrogens is 1. The Labute approximate surface area is 135 Å². The van der Waals surface area contributed by atoms with E-state index >= 15 is 0 Å². The van der Waals surface area contributed by atoms with Crippen molar-refractivity contribution >= 4 is 23.0 Å². The Morgan fingerprint density at radius 2 is 1.96 bits per heavy atom. The van der Waals surface area contributed by atoms with Crippen molar-refractivity contribution < 1.29 is 19.1 Å². The summed E-state index contributed by atoms with van der Waals surface area (Å²) in [7, 11) is 1.33. The number of methoxy groups -OCH3 is 1. The summed E-state index contributed by atoms with van der Waals surface area (Å²) in [6, 6.07) is 7.31. The van der Waals surface area contributed by atoms with Crippen molar-refractivity contribution in [3.8, 4) is 5.75 Å². The number of rotatable bonds is 6. The van der Waals surface area contributed by atoms with Crippen molar-refractivity contribution in [2.45, 2.75) is 32.6 Å². The highest BCUT2D eigenvalue weighted by molar-refractivity contribution is 5.97. The van der Waals surface area contributed by atoms with Gasteiger partial charge in [-0.25, -0.2) is 9.36 Å². The van der Waals surface area contributed by atoms with Gasteiger partial charge in [0.1, 0.15) is 0 Å². The third-order valence-corrected chi connectivity index (χ3v) is 3.65. The minimum Gasteiger partial charge on any atom is -0.452 e. The van der Waals surface area contributed by atoms with Gasteiger partial charge in [-0.3, -0.25) is 4.79 Å². The summed E-state index contributed by atoms with van der Waals surface area (Å²) in [5.41, 5.74) is 6.86. The minimum absolute atomic E-state index is 0.264. The molecule has 1 aromatic carbocycles. The zero-order valence-electron chi connectivity index (χ0n) is 13.5. The van der Waals surface area contributed by atoms with Crippen LogP contribution in [-0.4, -0.2) is 30.3 Å². The number of hydrogen-bond donors (Lipinski definition) is 1. The minimum atomic E-state index is -0.497. The first-order valence-electron chi connectivity index (χ1n) is 7.75. The average molecular weight is 318 g/mol. The molecule has 1 aromatic heterocycles. The second-order valence-corrected chi connectivity index (χ2v) is 5.17. The predicted octanol–water partition coefficient (Wildman–Crippen LogP) is 2.85. The normalized spacial score (nSPS) is 10.7. The van der Waals surface area contributed by atoms with E-state index in [0.29, 0.717) is 29.9 Å². The Balaban J connectivity index is 2.60. The van der Waals surface area contributed by atoms with Gasteiger partial charge in [0.15, 0.2) is 5.75 Å². The summed E-state index contributed by atoms with van der Waals surface area (Å²) in [6.45, 7) is 2.30. The molecule has 6 heteroatoms. The number of para-hydroxylation sites is 1. The van der Waals surface area contributed by atoms with E-state index < -0.39 is 6.09 Å². The molecule has 0 saturated heterocycles. The summed E-state index contributed by atoms with van der Waals surface area (Å²) in [5.74, 6) is 0.104. The molecule has 2 N–H and O–H groups in total. The number of unbranched alkanes of at least 4 members (excludes halogenated alkanes) is 1. The van der Waals surface area contributed by atoms with Crippen LogP contribution in [0.1, 0.15) is 31.9 Å². The molecular formula is C17H22N2O4. The fourth-order valence-corrected chi connectivity index (χ4v) is 2.52. The molecular weight excluding hydrogens is 296 g/mol. The van der Waals surface area contributed by atoms with Crippen molar-refractivity contribution in [2.75, 3.05) is 13.7 Å². The molecule has 0 spiro atoms. The van der Waals surface area contributed by atoms with Gasteiger partial charge in [-0.15, -0.1) is 0 Å². The van der Waals surface area contributed by atoms with Crippen molar-refractivity contribution in [1.29, 1.82) is 0 Å². The van der Waals surface area contributed by atoms with E-state index in [2.05, 4.69) is 0 Å². The monoisotopic (exact) mass is 318 g/mol. The smallest absolute Gasteiger partial charge is 0.418 e. The molecule has 0 unspecified atom stereocenters. The number of carbonyl (C=O) groups excluding carboxylic acids is 2. The van der Waals surface area contributed by atoms with Crippen molar-refractivity contribution in [3.63, 3.8) is 0 Å². The van der Waals surface area contributed by atoms with E-state index in [4.69, 9.17) is 15.2 Å². The highest BCUT2D eigenvalue weighted by atomic mass is 16.5. The summed E-state index contributed by atoms with van der Waals surface area (Å²) >= 11 is 0. The number of hydrogen-bond acceptors (Lipinski definition) is 5. The Bertz CT molecular complexity index is 706. The third kappa shape index (κ3) is 3.53. The van der Waals surface area contributed by atoms with Crippen molar-refractivity contribution in [1.82, 2.24) is 4.57 Å². The molecule has 23 heavy (non-hydrogen) atoms. The maximum atomic E-state index is 12.2. The second kappa shape index (κ2) is 7.78. The molecule has 1 heterocycles. The Hall–Kier alpha value is -2.34. The lowest BCUT2D eigenvalue weighted by Crippen LogP contribution is -2.16. The van der Waals surface area contributed by atoms with Gasteiger partial charge in [0.2, 0.25) is 0 Å². The molecule has 0 atom stereocenters. The van der Waals surface area contributed by atoms with Gasteiger partial charge in [-0.1, -0.05) is 19.1 Å². The molecule has 6 nitrogen and oxygen atoms in total. The van der Waals surface area contributed by atoms with Gasteiger partial charge in [0, 0.05) is 11.8 Å². The second-order valence-electron chi connectivity index (χ2n) is 5.17. The van der Waals surface area contributed by atoms with Gasteiger partial charge in [0.05, 0.1) is 18.3 Å². The molecule has 0 aliphatic rings. The van der Waals surface area contributed by atoms with E-state index in [1.54, 1.807) is 6.92 Å². The fraction of sp³-hybridized carbons (Fsp3) is 0.412. The lowest BCUT2D eigenvalue weighted by molar-refractivity contribution is -0.133. The van der Waals surface area contributed by atoms with E-state index in [-0.39, 0.29) is 12.4 Å².